The average Bonchev–Trinajstić information content (AvgIpc) is 2.78. The van der Waals surface area contributed by atoms with Crippen molar-refractivity contribution >= 4 is 21.6 Å². The first-order valence-corrected chi connectivity index (χ1v) is 6.64. The summed E-state index contributed by atoms with van der Waals surface area (Å²) >= 11 is 3.61. The number of rotatable bonds is 4. The monoisotopic (exact) mass is 292 g/mol. The zero-order valence-corrected chi connectivity index (χ0v) is 11.8. The van der Waals surface area contributed by atoms with Gasteiger partial charge in [-0.25, -0.2) is 0 Å². The molecule has 0 amide bonds. The number of aryl methyl sites for hydroxylation is 2. The third kappa shape index (κ3) is 2.72. The van der Waals surface area contributed by atoms with E-state index >= 15 is 0 Å². The van der Waals surface area contributed by atoms with Crippen LogP contribution in [0.15, 0.2) is 41.0 Å². The molecule has 0 radical (unpaired) electrons. The molecular weight excluding hydrogens is 276 g/mol. The van der Waals surface area contributed by atoms with Crippen LogP contribution in [0, 0.1) is 6.92 Å². The molecular formula is C14H17BrN2. The first kappa shape index (κ1) is 12.2. The van der Waals surface area contributed by atoms with Crippen molar-refractivity contribution < 1.29 is 0 Å². The molecule has 0 bridgehead atoms. The molecule has 1 aromatic carbocycles. The van der Waals surface area contributed by atoms with E-state index in [1.165, 1.54) is 11.3 Å². The maximum Gasteiger partial charge on any atom is 0.0553 e. The van der Waals surface area contributed by atoms with Crippen molar-refractivity contribution in [2.24, 2.45) is 0 Å². The number of halogens is 1. The van der Waals surface area contributed by atoms with E-state index in [1.807, 2.05) is 0 Å². The minimum atomic E-state index is 0.850. The Morgan fingerprint density at radius 2 is 2.06 bits per heavy atom. The lowest BCUT2D eigenvalue weighted by Crippen LogP contribution is -2.06. The van der Waals surface area contributed by atoms with E-state index in [0.717, 1.165) is 23.2 Å². The van der Waals surface area contributed by atoms with Crippen LogP contribution in [0.4, 0.5) is 5.69 Å². The Hall–Kier alpha value is -1.22. The van der Waals surface area contributed by atoms with Gasteiger partial charge >= 0.3 is 0 Å². The largest absolute Gasteiger partial charge is 0.379 e. The molecule has 0 aliphatic carbocycles. The van der Waals surface area contributed by atoms with Crippen molar-refractivity contribution in [2.45, 2.75) is 26.9 Å². The summed E-state index contributed by atoms with van der Waals surface area (Å²) < 4.78 is 3.39. The lowest BCUT2D eigenvalue weighted by molar-refractivity contribution is 0.724. The summed E-state index contributed by atoms with van der Waals surface area (Å²) in [6, 6.07) is 10.5. The van der Waals surface area contributed by atoms with Gasteiger partial charge in [-0.3, -0.25) is 0 Å². The van der Waals surface area contributed by atoms with E-state index in [2.05, 4.69) is 76.2 Å². The zero-order chi connectivity index (χ0) is 12.3. The molecule has 1 N–H and O–H groups in total. The summed E-state index contributed by atoms with van der Waals surface area (Å²) in [6.07, 6.45) is 2.11. The van der Waals surface area contributed by atoms with Crippen molar-refractivity contribution in [2.75, 3.05) is 5.32 Å². The molecule has 0 fully saturated rings. The highest BCUT2D eigenvalue weighted by molar-refractivity contribution is 9.10. The van der Waals surface area contributed by atoms with Crippen molar-refractivity contribution in [3.05, 3.63) is 52.3 Å². The summed E-state index contributed by atoms with van der Waals surface area (Å²) in [7, 11) is 0. The highest BCUT2D eigenvalue weighted by Crippen LogP contribution is 2.26. The van der Waals surface area contributed by atoms with Gasteiger partial charge in [-0.1, -0.05) is 12.1 Å². The van der Waals surface area contributed by atoms with Gasteiger partial charge in [-0.15, -0.1) is 0 Å². The number of benzene rings is 1. The van der Waals surface area contributed by atoms with Crippen molar-refractivity contribution in [3.63, 3.8) is 0 Å². The van der Waals surface area contributed by atoms with Gasteiger partial charge < -0.3 is 9.88 Å². The molecule has 0 aliphatic heterocycles. The van der Waals surface area contributed by atoms with Gasteiger partial charge in [0.15, 0.2) is 0 Å². The fourth-order valence-corrected chi connectivity index (χ4v) is 2.29. The van der Waals surface area contributed by atoms with Gasteiger partial charge in [-0.2, -0.15) is 0 Å². The lowest BCUT2D eigenvalue weighted by atomic mass is 10.2. The molecule has 2 nitrogen and oxygen atoms in total. The number of hydrogen-bond donors (Lipinski definition) is 1. The molecule has 0 saturated heterocycles. The van der Waals surface area contributed by atoms with Gasteiger partial charge in [-0.05, 0) is 53.5 Å². The van der Waals surface area contributed by atoms with Gasteiger partial charge in [0.2, 0.25) is 0 Å². The Bertz CT molecular complexity index is 503. The van der Waals surface area contributed by atoms with Crippen molar-refractivity contribution in [1.29, 1.82) is 0 Å². The lowest BCUT2D eigenvalue weighted by Gasteiger charge is -2.11. The van der Waals surface area contributed by atoms with Gasteiger partial charge in [0.05, 0.1) is 6.54 Å². The van der Waals surface area contributed by atoms with E-state index < -0.39 is 0 Å². The van der Waals surface area contributed by atoms with Crippen LogP contribution < -0.4 is 5.32 Å². The van der Waals surface area contributed by atoms with Gasteiger partial charge in [0.1, 0.15) is 0 Å². The smallest absolute Gasteiger partial charge is 0.0553 e. The first-order valence-electron chi connectivity index (χ1n) is 5.85. The van der Waals surface area contributed by atoms with Crippen LogP contribution in [-0.2, 0) is 13.1 Å². The molecule has 90 valence electrons. The van der Waals surface area contributed by atoms with E-state index in [4.69, 9.17) is 0 Å². The molecule has 0 saturated carbocycles. The number of nitrogens with one attached hydrogen (secondary N) is 1. The van der Waals surface area contributed by atoms with E-state index in [-0.39, 0.29) is 0 Å². The highest BCUT2D eigenvalue weighted by Gasteiger charge is 2.03. The summed E-state index contributed by atoms with van der Waals surface area (Å²) in [5, 5.41) is 3.46. The summed E-state index contributed by atoms with van der Waals surface area (Å²) in [6.45, 7) is 6.12. The molecule has 3 heteroatoms. The third-order valence-corrected chi connectivity index (χ3v) is 3.97. The van der Waals surface area contributed by atoms with E-state index in [1.54, 1.807) is 0 Å². The molecule has 0 atom stereocenters. The van der Waals surface area contributed by atoms with Gasteiger partial charge in [0, 0.05) is 28.6 Å². The summed E-state index contributed by atoms with van der Waals surface area (Å²) in [5.41, 5.74) is 3.70. The van der Waals surface area contributed by atoms with Crippen molar-refractivity contribution in [1.82, 2.24) is 4.57 Å². The average molecular weight is 293 g/mol. The predicted octanol–water partition coefficient (Wildman–Crippen LogP) is 4.19. The van der Waals surface area contributed by atoms with Gasteiger partial charge in [0.25, 0.3) is 0 Å². The molecule has 2 rings (SSSR count). The second-order valence-corrected chi connectivity index (χ2v) is 4.87. The second kappa shape index (κ2) is 5.41. The van der Waals surface area contributed by atoms with Crippen LogP contribution in [0.1, 0.15) is 18.2 Å². The topological polar surface area (TPSA) is 17.0 Å². The maximum absolute atomic E-state index is 3.61. The number of anilines is 1. The van der Waals surface area contributed by atoms with E-state index in [9.17, 15) is 0 Å². The molecule has 0 spiro atoms. The normalized spacial score (nSPS) is 10.5. The Labute approximate surface area is 111 Å². The molecule has 2 aromatic rings. The van der Waals surface area contributed by atoms with Crippen LogP contribution >= 0.6 is 15.9 Å². The fraction of sp³-hybridized carbons (Fsp3) is 0.286. The highest BCUT2D eigenvalue weighted by atomic mass is 79.9. The van der Waals surface area contributed by atoms with Crippen LogP contribution in [0.2, 0.25) is 0 Å². The van der Waals surface area contributed by atoms with Crippen LogP contribution in [0.3, 0.4) is 0 Å². The van der Waals surface area contributed by atoms with E-state index in [0.29, 0.717) is 0 Å². The van der Waals surface area contributed by atoms with Crippen LogP contribution in [0.5, 0.6) is 0 Å². The Morgan fingerprint density at radius 3 is 2.82 bits per heavy atom. The van der Waals surface area contributed by atoms with Crippen LogP contribution in [-0.4, -0.2) is 4.57 Å². The molecule has 0 aliphatic rings. The Kier molecular flexibility index (Phi) is 3.89. The molecule has 1 heterocycles. The predicted molar refractivity (Wildman–Crippen MR) is 76.3 cm³/mol. The van der Waals surface area contributed by atoms with Crippen molar-refractivity contribution in [3.8, 4) is 0 Å². The Balaban J connectivity index is 2.10. The number of nitrogens with zero attached hydrogens (tertiary/aromatic N) is 1. The quantitative estimate of drug-likeness (QED) is 0.894. The number of aromatic nitrogens is 1. The SMILES string of the molecule is CCn1cccc1CNc1cccc(C)c1Br. The standard InChI is InChI=1S/C14H17BrN2/c1-3-17-9-5-7-12(17)10-16-13-8-4-6-11(2)14(13)15/h4-9,16H,3,10H2,1-2H3. The molecule has 0 unspecified atom stereocenters. The first-order chi connectivity index (χ1) is 8.22. The van der Waals surface area contributed by atoms with Crippen LogP contribution in [0.25, 0.3) is 0 Å². The number of hydrogen-bond acceptors (Lipinski definition) is 1. The summed E-state index contributed by atoms with van der Waals surface area (Å²) in [4.78, 5) is 0. The molecule has 17 heavy (non-hydrogen) atoms. The molecule has 1 aromatic heterocycles. The minimum Gasteiger partial charge on any atom is -0.379 e. The second-order valence-electron chi connectivity index (χ2n) is 4.08. The maximum atomic E-state index is 3.61. The minimum absolute atomic E-state index is 0.850. The third-order valence-electron chi connectivity index (χ3n) is 2.92. The fourth-order valence-electron chi connectivity index (χ4n) is 1.89. The summed E-state index contributed by atoms with van der Waals surface area (Å²) in [5.74, 6) is 0. The Morgan fingerprint density at radius 1 is 1.24 bits per heavy atom. The zero-order valence-electron chi connectivity index (χ0n) is 10.2.